The third-order valence-electron chi connectivity index (χ3n) is 4.72. The summed E-state index contributed by atoms with van der Waals surface area (Å²) in [6.45, 7) is 0. The first-order valence-corrected chi connectivity index (χ1v) is 7.98. The minimum absolute atomic E-state index is 0.0135. The third kappa shape index (κ3) is 2.88. The first-order valence-electron chi connectivity index (χ1n) is 7.98. The van der Waals surface area contributed by atoms with Crippen LogP contribution >= 0.6 is 0 Å². The van der Waals surface area contributed by atoms with E-state index in [9.17, 15) is 4.79 Å². The number of amides is 1. The van der Waals surface area contributed by atoms with Crippen molar-refractivity contribution >= 4 is 5.91 Å². The first-order chi connectivity index (χ1) is 11.1. The largest absolute Gasteiger partial charge is 0.367 e. The molecule has 2 aromatic rings. The lowest BCUT2D eigenvalue weighted by molar-refractivity contribution is -0.143. The van der Waals surface area contributed by atoms with Gasteiger partial charge in [-0.25, -0.2) is 0 Å². The highest BCUT2D eigenvalue weighted by Gasteiger charge is 2.32. The molecule has 0 aliphatic heterocycles. The van der Waals surface area contributed by atoms with Gasteiger partial charge in [0.15, 0.2) is 6.10 Å². The second-order valence-electron chi connectivity index (χ2n) is 6.05. The van der Waals surface area contributed by atoms with Gasteiger partial charge in [-0.15, -0.1) is 0 Å². The normalized spacial score (nSPS) is 18.3. The molecule has 0 saturated carbocycles. The summed E-state index contributed by atoms with van der Waals surface area (Å²) in [7, 11) is 5.41. The second kappa shape index (κ2) is 6.54. The minimum Gasteiger partial charge on any atom is -0.367 e. The molecule has 5 heteroatoms. The Hall–Kier alpha value is -2.14. The highest BCUT2D eigenvalue weighted by atomic mass is 16.5. The van der Waals surface area contributed by atoms with Crippen LogP contribution in [0, 0.1) is 0 Å². The van der Waals surface area contributed by atoms with Crippen LogP contribution in [0.2, 0.25) is 0 Å². The summed E-state index contributed by atoms with van der Waals surface area (Å²) in [5.74, 6) is -0.0135. The van der Waals surface area contributed by atoms with Crippen LogP contribution in [0.15, 0.2) is 36.5 Å². The number of rotatable bonds is 4. The molecule has 1 amide bonds. The molecule has 0 radical (unpaired) electrons. The van der Waals surface area contributed by atoms with E-state index in [1.807, 2.05) is 60.2 Å². The summed E-state index contributed by atoms with van der Waals surface area (Å²) >= 11 is 0. The molecule has 0 saturated heterocycles. The molecule has 0 unspecified atom stereocenters. The monoisotopic (exact) mass is 313 g/mol. The zero-order valence-electron chi connectivity index (χ0n) is 13.9. The second-order valence-corrected chi connectivity index (χ2v) is 6.05. The zero-order chi connectivity index (χ0) is 16.4. The van der Waals surface area contributed by atoms with Gasteiger partial charge in [0.25, 0.3) is 5.91 Å². The van der Waals surface area contributed by atoms with Gasteiger partial charge >= 0.3 is 0 Å². The number of benzene rings is 1. The predicted octanol–water partition coefficient (Wildman–Crippen LogP) is 2.64. The molecule has 0 fully saturated rings. The molecule has 1 aromatic heterocycles. The van der Waals surface area contributed by atoms with Crippen molar-refractivity contribution in [2.75, 3.05) is 14.2 Å². The van der Waals surface area contributed by atoms with Crippen LogP contribution in [-0.4, -0.2) is 34.7 Å². The maximum Gasteiger partial charge on any atom is 0.256 e. The molecule has 5 nitrogen and oxygen atoms in total. The van der Waals surface area contributed by atoms with Crippen molar-refractivity contribution in [3.05, 3.63) is 53.3 Å². The molecular weight excluding hydrogens is 290 g/mol. The molecule has 1 aliphatic rings. The fraction of sp³-hybridized carbons (Fsp3) is 0.444. The Bertz CT molecular complexity index is 681. The third-order valence-corrected chi connectivity index (χ3v) is 4.72. The fourth-order valence-corrected chi connectivity index (χ4v) is 3.43. The summed E-state index contributed by atoms with van der Waals surface area (Å²) in [5.41, 5.74) is 3.28. The molecule has 0 spiro atoms. The number of fused-ring (bicyclic) bond motifs is 1. The van der Waals surface area contributed by atoms with Gasteiger partial charge in [-0.1, -0.05) is 30.3 Å². The number of aryl methyl sites for hydroxylation is 1. The van der Waals surface area contributed by atoms with E-state index in [1.54, 1.807) is 7.11 Å². The van der Waals surface area contributed by atoms with Crippen molar-refractivity contribution in [3.63, 3.8) is 0 Å². The van der Waals surface area contributed by atoms with Crippen molar-refractivity contribution in [2.45, 2.75) is 31.4 Å². The first kappa shape index (κ1) is 15.7. The number of ether oxygens (including phenoxy) is 1. The summed E-state index contributed by atoms with van der Waals surface area (Å²) in [6, 6.07) is 9.71. The summed E-state index contributed by atoms with van der Waals surface area (Å²) in [5, 5.41) is 4.36. The van der Waals surface area contributed by atoms with Gasteiger partial charge in [-0.2, -0.15) is 5.10 Å². The maximum absolute atomic E-state index is 13.0. The van der Waals surface area contributed by atoms with E-state index in [0.717, 1.165) is 30.4 Å². The topological polar surface area (TPSA) is 47.4 Å². The molecule has 122 valence electrons. The summed E-state index contributed by atoms with van der Waals surface area (Å²) in [6.07, 6.45) is 4.39. The molecule has 23 heavy (non-hydrogen) atoms. The van der Waals surface area contributed by atoms with Crippen LogP contribution in [0.25, 0.3) is 0 Å². The average Bonchev–Trinajstić information content (AvgIpc) is 2.97. The van der Waals surface area contributed by atoms with E-state index in [-0.39, 0.29) is 11.9 Å². The predicted molar refractivity (Wildman–Crippen MR) is 87.8 cm³/mol. The van der Waals surface area contributed by atoms with Crippen molar-refractivity contribution < 1.29 is 9.53 Å². The fourth-order valence-electron chi connectivity index (χ4n) is 3.43. The Morgan fingerprint density at radius 1 is 1.39 bits per heavy atom. The van der Waals surface area contributed by atoms with Gasteiger partial charge in [-0.05, 0) is 24.8 Å². The SMILES string of the molecule is CO[C@@H](C(=O)N(C)[C@H]1CCCc2c1cnn2C)c1ccccc1. The van der Waals surface area contributed by atoms with E-state index in [2.05, 4.69) is 5.10 Å². The molecule has 1 aliphatic carbocycles. The standard InChI is InChI=1S/C18H23N3O2/c1-20(15-10-7-11-16-14(15)12-19-21(16)2)18(22)17(23-3)13-8-5-4-6-9-13/h4-6,8-9,12,15,17H,7,10-11H2,1-3H3/t15-,17+/m0/s1. The van der Waals surface area contributed by atoms with Gasteiger partial charge < -0.3 is 9.64 Å². The van der Waals surface area contributed by atoms with E-state index in [4.69, 9.17) is 4.74 Å². The number of aromatic nitrogens is 2. The molecule has 0 N–H and O–H groups in total. The Morgan fingerprint density at radius 2 is 2.13 bits per heavy atom. The maximum atomic E-state index is 13.0. The molecular formula is C18H23N3O2. The number of hydrogen-bond donors (Lipinski definition) is 0. The number of likely N-dealkylation sites (N-methyl/N-ethyl adjacent to an activating group) is 1. The molecule has 0 bridgehead atoms. The van der Waals surface area contributed by atoms with Crippen LogP contribution in [0.1, 0.15) is 41.8 Å². The van der Waals surface area contributed by atoms with Crippen molar-refractivity contribution in [2.24, 2.45) is 7.05 Å². The van der Waals surface area contributed by atoms with Gasteiger partial charge in [0, 0.05) is 32.5 Å². The Labute approximate surface area is 136 Å². The van der Waals surface area contributed by atoms with E-state index >= 15 is 0 Å². The molecule has 1 heterocycles. The van der Waals surface area contributed by atoms with Crippen LogP contribution in [0.5, 0.6) is 0 Å². The summed E-state index contributed by atoms with van der Waals surface area (Å²) in [4.78, 5) is 14.8. The van der Waals surface area contributed by atoms with E-state index in [1.165, 1.54) is 5.69 Å². The molecule has 1 aromatic carbocycles. The lowest BCUT2D eigenvalue weighted by atomic mass is 9.91. The molecule has 2 atom stereocenters. The van der Waals surface area contributed by atoms with Crippen LogP contribution in [0.4, 0.5) is 0 Å². The number of carbonyl (C=O) groups is 1. The van der Waals surface area contributed by atoms with Crippen LogP contribution < -0.4 is 0 Å². The number of methoxy groups -OCH3 is 1. The van der Waals surface area contributed by atoms with Gasteiger partial charge in [0.2, 0.25) is 0 Å². The minimum atomic E-state index is -0.566. The van der Waals surface area contributed by atoms with Crippen molar-refractivity contribution in [1.82, 2.24) is 14.7 Å². The smallest absolute Gasteiger partial charge is 0.256 e. The number of carbonyl (C=O) groups excluding carboxylic acids is 1. The lowest BCUT2D eigenvalue weighted by Crippen LogP contribution is -2.37. The number of hydrogen-bond acceptors (Lipinski definition) is 3. The van der Waals surface area contributed by atoms with Crippen molar-refractivity contribution in [3.8, 4) is 0 Å². The Morgan fingerprint density at radius 3 is 2.83 bits per heavy atom. The molecule has 3 rings (SSSR count). The Balaban J connectivity index is 1.85. The summed E-state index contributed by atoms with van der Waals surface area (Å²) < 4.78 is 7.41. The van der Waals surface area contributed by atoms with Crippen LogP contribution in [-0.2, 0) is 23.0 Å². The average molecular weight is 313 g/mol. The Kier molecular flexibility index (Phi) is 4.48. The zero-order valence-corrected chi connectivity index (χ0v) is 13.9. The van der Waals surface area contributed by atoms with Gasteiger partial charge in [0.05, 0.1) is 12.2 Å². The highest BCUT2D eigenvalue weighted by Crippen LogP contribution is 2.35. The van der Waals surface area contributed by atoms with Crippen LogP contribution in [0.3, 0.4) is 0 Å². The van der Waals surface area contributed by atoms with Gasteiger partial charge in [0.1, 0.15) is 0 Å². The van der Waals surface area contributed by atoms with Gasteiger partial charge in [-0.3, -0.25) is 9.48 Å². The van der Waals surface area contributed by atoms with E-state index < -0.39 is 6.10 Å². The van der Waals surface area contributed by atoms with E-state index in [0.29, 0.717) is 0 Å². The van der Waals surface area contributed by atoms with Crippen molar-refractivity contribution in [1.29, 1.82) is 0 Å². The lowest BCUT2D eigenvalue weighted by Gasteiger charge is -2.33. The quantitative estimate of drug-likeness (QED) is 0.872. The highest BCUT2D eigenvalue weighted by molar-refractivity contribution is 5.82. The number of nitrogens with zero attached hydrogens (tertiary/aromatic N) is 3.